The molecule has 0 saturated heterocycles. The maximum absolute atomic E-state index is 11.2. The molecule has 4 N–H and O–H groups in total. The van der Waals surface area contributed by atoms with Crippen molar-refractivity contribution in [1.29, 1.82) is 0 Å². The van der Waals surface area contributed by atoms with Gasteiger partial charge in [-0.05, 0) is 17.7 Å². The van der Waals surface area contributed by atoms with Gasteiger partial charge in [-0.1, -0.05) is 6.07 Å². The fourth-order valence-electron chi connectivity index (χ4n) is 1.27. The van der Waals surface area contributed by atoms with Crippen molar-refractivity contribution in [3.8, 4) is 5.75 Å². The molecule has 0 aromatic heterocycles. The maximum atomic E-state index is 11.2. The average molecular weight is 259 g/mol. The van der Waals surface area contributed by atoms with Gasteiger partial charge in [0, 0.05) is 12.7 Å². The second-order valence-electron chi connectivity index (χ2n) is 3.71. The van der Waals surface area contributed by atoms with Gasteiger partial charge in [-0.2, -0.15) is 0 Å². The number of hydrogen-bond acceptors (Lipinski definition) is 5. The van der Waals surface area contributed by atoms with E-state index in [0.717, 1.165) is 12.3 Å². The number of carbonyl (C=O) groups is 1. The normalized spacial score (nSPS) is 13.3. The first-order valence-electron chi connectivity index (χ1n) is 4.72. The minimum atomic E-state index is -3.39. The van der Waals surface area contributed by atoms with E-state index >= 15 is 0 Å². The van der Waals surface area contributed by atoms with Gasteiger partial charge >= 0.3 is 5.97 Å². The number of nitrogens with two attached hydrogens (primary N) is 1. The number of phenols is 1. The first-order valence-corrected chi connectivity index (χ1v) is 6.61. The predicted molar refractivity (Wildman–Crippen MR) is 60.5 cm³/mol. The molecule has 0 aliphatic heterocycles. The molecule has 0 amide bonds. The highest BCUT2D eigenvalue weighted by atomic mass is 32.2. The van der Waals surface area contributed by atoms with E-state index in [4.69, 9.17) is 10.8 Å². The molecule has 1 aromatic rings. The lowest BCUT2D eigenvalue weighted by Gasteiger charge is -2.09. The van der Waals surface area contributed by atoms with Gasteiger partial charge in [0.1, 0.15) is 11.8 Å². The van der Waals surface area contributed by atoms with Crippen LogP contribution in [0.4, 0.5) is 0 Å². The van der Waals surface area contributed by atoms with Crippen LogP contribution in [0.3, 0.4) is 0 Å². The van der Waals surface area contributed by atoms with E-state index in [-0.39, 0.29) is 17.1 Å². The molecule has 0 heterocycles. The zero-order valence-corrected chi connectivity index (χ0v) is 9.94. The number of hydrogen-bond donors (Lipinski definition) is 3. The highest BCUT2D eigenvalue weighted by molar-refractivity contribution is 7.90. The number of carboxylic acid groups (broad SMARTS) is 1. The zero-order chi connectivity index (χ0) is 13.2. The van der Waals surface area contributed by atoms with Crippen LogP contribution in [0.15, 0.2) is 23.1 Å². The third kappa shape index (κ3) is 3.43. The molecule has 0 bridgehead atoms. The highest BCUT2D eigenvalue weighted by Gasteiger charge is 2.16. The molecule has 0 aliphatic rings. The lowest BCUT2D eigenvalue weighted by atomic mass is 10.1. The highest BCUT2D eigenvalue weighted by Crippen LogP contribution is 2.22. The Morgan fingerprint density at radius 3 is 2.47 bits per heavy atom. The SMILES string of the molecule is CS(=O)(=O)c1ccc(CC(N)C(=O)O)c(O)c1. The third-order valence-corrected chi connectivity index (χ3v) is 3.35. The molecule has 7 heteroatoms. The Labute approximate surface area is 98.6 Å². The molecule has 1 aromatic carbocycles. The molecule has 0 radical (unpaired) electrons. The van der Waals surface area contributed by atoms with Crippen LogP contribution in [0.25, 0.3) is 0 Å². The number of rotatable bonds is 4. The van der Waals surface area contributed by atoms with E-state index in [2.05, 4.69) is 0 Å². The van der Waals surface area contributed by atoms with E-state index in [1.807, 2.05) is 0 Å². The lowest BCUT2D eigenvalue weighted by Crippen LogP contribution is -2.32. The molecule has 0 saturated carbocycles. The summed E-state index contributed by atoms with van der Waals surface area (Å²) in [5.41, 5.74) is 5.61. The van der Waals surface area contributed by atoms with Crippen LogP contribution in [0, 0.1) is 0 Å². The Morgan fingerprint density at radius 2 is 2.06 bits per heavy atom. The van der Waals surface area contributed by atoms with Gasteiger partial charge < -0.3 is 15.9 Å². The molecule has 94 valence electrons. The standard InChI is InChI=1S/C10H13NO5S/c1-17(15,16)7-3-2-6(9(12)5-7)4-8(11)10(13)14/h2-3,5,8,12H,4,11H2,1H3,(H,13,14). The molecular weight excluding hydrogens is 246 g/mol. The molecule has 0 fully saturated rings. The Hall–Kier alpha value is -1.60. The topological polar surface area (TPSA) is 118 Å². The van der Waals surface area contributed by atoms with Crippen molar-refractivity contribution in [3.05, 3.63) is 23.8 Å². The van der Waals surface area contributed by atoms with Crippen LogP contribution in [-0.2, 0) is 21.1 Å². The van der Waals surface area contributed by atoms with Crippen molar-refractivity contribution in [3.63, 3.8) is 0 Å². The zero-order valence-electron chi connectivity index (χ0n) is 9.12. The fourth-order valence-corrected chi connectivity index (χ4v) is 1.91. The predicted octanol–water partition coefficient (Wildman–Crippen LogP) is -0.250. The van der Waals surface area contributed by atoms with Gasteiger partial charge in [0.2, 0.25) is 0 Å². The van der Waals surface area contributed by atoms with Crippen LogP contribution in [0.5, 0.6) is 5.75 Å². The number of phenolic OH excluding ortho intramolecular Hbond substituents is 1. The van der Waals surface area contributed by atoms with E-state index in [1.54, 1.807) is 0 Å². The summed E-state index contributed by atoms with van der Waals surface area (Å²) in [6.45, 7) is 0. The first-order chi connectivity index (χ1) is 7.71. The summed E-state index contributed by atoms with van der Waals surface area (Å²) in [7, 11) is -3.39. The van der Waals surface area contributed by atoms with Gasteiger partial charge in [-0.15, -0.1) is 0 Å². The quantitative estimate of drug-likeness (QED) is 0.686. The van der Waals surface area contributed by atoms with Gasteiger partial charge in [0.05, 0.1) is 4.90 Å². The van der Waals surface area contributed by atoms with Crippen molar-refractivity contribution in [2.24, 2.45) is 5.73 Å². The molecule has 1 atom stereocenters. The number of sulfone groups is 1. The second-order valence-corrected chi connectivity index (χ2v) is 5.73. The Balaban J connectivity index is 3.03. The molecule has 1 rings (SSSR count). The van der Waals surface area contributed by atoms with Gasteiger partial charge in [0.15, 0.2) is 9.84 Å². The summed E-state index contributed by atoms with van der Waals surface area (Å²) in [6, 6.07) is 2.61. The fraction of sp³-hybridized carbons (Fsp3) is 0.300. The molecule has 0 spiro atoms. The minimum absolute atomic E-state index is 0.0253. The number of aromatic hydroxyl groups is 1. The molecule has 1 unspecified atom stereocenters. The first kappa shape index (κ1) is 13.5. The van der Waals surface area contributed by atoms with E-state index in [9.17, 15) is 18.3 Å². The van der Waals surface area contributed by atoms with Gasteiger partial charge in [-0.25, -0.2) is 8.42 Å². The summed E-state index contributed by atoms with van der Waals surface area (Å²) in [5, 5.41) is 18.2. The monoisotopic (exact) mass is 259 g/mol. The number of carboxylic acids is 1. The van der Waals surface area contributed by atoms with Crippen molar-refractivity contribution in [1.82, 2.24) is 0 Å². The van der Waals surface area contributed by atoms with Crippen LogP contribution in [0.1, 0.15) is 5.56 Å². The van der Waals surface area contributed by atoms with E-state index in [1.165, 1.54) is 12.1 Å². The lowest BCUT2D eigenvalue weighted by molar-refractivity contribution is -0.138. The van der Waals surface area contributed by atoms with Crippen molar-refractivity contribution in [2.75, 3.05) is 6.26 Å². The smallest absolute Gasteiger partial charge is 0.320 e. The van der Waals surface area contributed by atoms with Crippen molar-refractivity contribution < 1.29 is 23.4 Å². The largest absolute Gasteiger partial charge is 0.508 e. The van der Waals surface area contributed by atoms with E-state index < -0.39 is 21.8 Å². The van der Waals surface area contributed by atoms with Gasteiger partial charge in [-0.3, -0.25) is 4.79 Å². The summed E-state index contributed by atoms with van der Waals surface area (Å²) in [4.78, 5) is 10.5. The average Bonchev–Trinajstić information content (AvgIpc) is 2.19. The summed E-state index contributed by atoms with van der Waals surface area (Å²) < 4.78 is 22.4. The number of benzene rings is 1. The van der Waals surface area contributed by atoms with Gasteiger partial charge in [0.25, 0.3) is 0 Å². The van der Waals surface area contributed by atoms with Crippen molar-refractivity contribution >= 4 is 15.8 Å². The Morgan fingerprint density at radius 1 is 1.47 bits per heavy atom. The maximum Gasteiger partial charge on any atom is 0.320 e. The molecular formula is C10H13NO5S. The second kappa shape index (κ2) is 4.72. The van der Waals surface area contributed by atoms with Crippen molar-refractivity contribution in [2.45, 2.75) is 17.4 Å². The van der Waals surface area contributed by atoms with Crippen LogP contribution in [-0.4, -0.2) is 36.9 Å². The van der Waals surface area contributed by atoms with Crippen LogP contribution < -0.4 is 5.73 Å². The third-order valence-electron chi connectivity index (χ3n) is 2.24. The Kier molecular flexibility index (Phi) is 3.74. The summed E-state index contributed by atoms with van der Waals surface area (Å²) in [5.74, 6) is -1.46. The van der Waals surface area contributed by atoms with E-state index in [0.29, 0.717) is 5.56 Å². The number of aliphatic carboxylic acids is 1. The Bertz CT molecular complexity index is 538. The summed E-state index contributed by atoms with van der Waals surface area (Å²) in [6.07, 6.45) is 0.954. The van der Waals surface area contributed by atoms with Crippen LogP contribution in [0.2, 0.25) is 0 Å². The van der Waals surface area contributed by atoms with Crippen LogP contribution >= 0.6 is 0 Å². The summed E-state index contributed by atoms with van der Waals surface area (Å²) >= 11 is 0. The molecule has 0 aliphatic carbocycles. The minimum Gasteiger partial charge on any atom is -0.508 e. The molecule has 17 heavy (non-hydrogen) atoms. The molecule has 6 nitrogen and oxygen atoms in total.